The number of fused-ring (bicyclic) bond motifs is 1. The third-order valence-electron chi connectivity index (χ3n) is 3.19. The minimum Gasteiger partial charge on any atom is -0.331 e. The number of nitrogens with one attached hydrogen (secondary N) is 1. The fraction of sp³-hybridized carbons (Fsp3) is 0.417. The van der Waals surface area contributed by atoms with E-state index in [0.29, 0.717) is 6.04 Å². The van der Waals surface area contributed by atoms with E-state index in [1.54, 1.807) is 0 Å². The van der Waals surface area contributed by atoms with Crippen molar-refractivity contribution in [2.24, 2.45) is 0 Å². The number of hydrogen-bond donors (Lipinski definition) is 1. The Hall–Kier alpha value is -0.450. The lowest BCUT2D eigenvalue weighted by Crippen LogP contribution is -2.16. The number of aromatic amines is 1. The van der Waals surface area contributed by atoms with Gasteiger partial charge in [-0.15, -0.1) is 0 Å². The van der Waals surface area contributed by atoms with Gasteiger partial charge in [0.1, 0.15) is 0 Å². The van der Waals surface area contributed by atoms with Crippen LogP contribution in [0.5, 0.6) is 0 Å². The second-order valence-corrected chi connectivity index (χ2v) is 6.25. The molecule has 0 bridgehead atoms. The van der Waals surface area contributed by atoms with E-state index in [2.05, 4.69) is 9.55 Å². The first-order valence-corrected chi connectivity index (χ1v) is 7.68. The molecule has 90 valence electrons. The second kappa shape index (κ2) is 4.67. The number of thioether (sulfide) groups is 1. The molecule has 1 N–H and O–H groups in total. The highest BCUT2D eigenvalue weighted by Crippen LogP contribution is 2.32. The van der Waals surface area contributed by atoms with Gasteiger partial charge in [-0.3, -0.25) is 0 Å². The Kier molecular flexibility index (Phi) is 3.19. The molecular formula is C12H13ClN2S2. The van der Waals surface area contributed by atoms with Crippen molar-refractivity contribution >= 4 is 46.6 Å². The fourth-order valence-corrected chi connectivity index (χ4v) is 4.15. The van der Waals surface area contributed by atoms with Gasteiger partial charge in [0.2, 0.25) is 0 Å². The summed E-state index contributed by atoms with van der Waals surface area (Å²) in [6.07, 6.45) is 2.45. The number of hydrogen-bond acceptors (Lipinski definition) is 2. The van der Waals surface area contributed by atoms with Gasteiger partial charge < -0.3 is 9.55 Å². The van der Waals surface area contributed by atoms with E-state index in [0.717, 1.165) is 26.6 Å². The highest BCUT2D eigenvalue weighted by Gasteiger charge is 2.19. The van der Waals surface area contributed by atoms with E-state index in [-0.39, 0.29) is 0 Å². The Labute approximate surface area is 114 Å². The van der Waals surface area contributed by atoms with Crippen molar-refractivity contribution in [2.75, 3.05) is 11.5 Å². The predicted molar refractivity (Wildman–Crippen MR) is 77.7 cm³/mol. The maximum absolute atomic E-state index is 6.30. The minimum atomic E-state index is 0.481. The molecule has 1 unspecified atom stereocenters. The average Bonchev–Trinajstić information content (AvgIpc) is 2.68. The molecule has 1 aliphatic heterocycles. The van der Waals surface area contributed by atoms with Crippen LogP contribution in [0.4, 0.5) is 0 Å². The zero-order chi connectivity index (χ0) is 11.8. The van der Waals surface area contributed by atoms with E-state index < -0.39 is 0 Å². The third kappa shape index (κ3) is 2.02. The molecule has 0 amide bonds. The topological polar surface area (TPSA) is 20.7 Å². The summed E-state index contributed by atoms with van der Waals surface area (Å²) in [5.74, 6) is 2.40. The number of rotatable bonds is 1. The predicted octanol–water partition coefficient (Wildman–Crippen LogP) is 4.42. The number of imidazole rings is 1. The van der Waals surface area contributed by atoms with Crippen LogP contribution in [-0.4, -0.2) is 21.1 Å². The lowest BCUT2D eigenvalue weighted by molar-refractivity contribution is 0.506. The molecule has 5 heteroatoms. The lowest BCUT2D eigenvalue weighted by atomic mass is 10.2. The van der Waals surface area contributed by atoms with Crippen molar-refractivity contribution in [1.82, 2.24) is 9.55 Å². The molecule has 1 fully saturated rings. The summed E-state index contributed by atoms with van der Waals surface area (Å²) in [5, 5.41) is 0.783. The van der Waals surface area contributed by atoms with Crippen LogP contribution < -0.4 is 0 Å². The summed E-state index contributed by atoms with van der Waals surface area (Å²) in [7, 11) is 0. The maximum Gasteiger partial charge on any atom is 0.178 e. The fourth-order valence-electron chi connectivity index (χ4n) is 2.41. The quantitative estimate of drug-likeness (QED) is 0.783. The van der Waals surface area contributed by atoms with Crippen molar-refractivity contribution in [3.05, 3.63) is 28.0 Å². The molecule has 2 heterocycles. The van der Waals surface area contributed by atoms with Crippen molar-refractivity contribution in [3.63, 3.8) is 0 Å². The molecule has 1 aromatic carbocycles. The van der Waals surface area contributed by atoms with Crippen LogP contribution in [0, 0.1) is 4.77 Å². The van der Waals surface area contributed by atoms with Crippen LogP contribution in [0.2, 0.25) is 5.02 Å². The molecule has 0 aliphatic carbocycles. The summed E-state index contributed by atoms with van der Waals surface area (Å²) in [6.45, 7) is 0. The largest absolute Gasteiger partial charge is 0.331 e. The maximum atomic E-state index is 6.30. The van der Waals surface area contributed by atoms with Crippen molar-refractivity contribution in [3.8, 4) is 0 Å². The number of nitrogens with zero attached hydrogens (tertiary/aromatic N) is 1. The molecule has 1 saturated heterocycles. The van der Waals surface area contributed by atoms with E-state index in [1.807, 2.05) is 30.0 Å². The zero-order valence-corrected chi connectivity index (χ0v) is 11.7. The Morgan fingerprint density at radius 2 is 2.35 bits per heavy atom. The smallest absolute Gasteiger partial charge is 0.178 e. The molecule has 1 aromatic heterocycles. The zero-order valence-electron chi connectivity index (χ0n) is 9.28. The van der Waals surface area contributed by atoms with Crippen LogP contribution >= 0.6 is 35.6 Å². The lowest BCUT2D eigenvalue weighted by Gasteiger charge is -2.23. The van der Waals surface area contributed by atoms with Gasteiger partial charge >= 0.3 is 0 Å². The van der Waals surface area contributed by atoms with Gasteiger partial charge in [0.15, 0.2) is 4.77 Å². The van der Waals surface area contributed by atoms with E-state index in [1.165, 1.54) is 18.6 Å². The number of para-hydroxylation sites is 1. The minimum absolute atomic E-state index is 0.481. The summed E-state index contributed by atoms with van der Waals surface area (Å²) < 4.78 is 3.00. The molecule has 0 saturated carbocycles. The molecule has 2 aromatic rings. The molecular weight excluding hydrogens is 272 g/mol. The first-order valence-electron chi connectivity index (χ1n) is 5.74. The van der Waals surface area contributed by atoms with Crippen LogP contribution in [0.1, 0.15) is 18.9 Å². The number of H-pyrrole nitrogens is 1. The third-order valence-corrected chi connectivity index (χ3v) is 4.99. The van der Waals surface area contributed by atoms with E-state index in [9.17, 15) is 0 Å². The second-order valence-electron chi connectivity index (χ2n) is 4.31. The number of halogens is 1. The highest BCUT2D eigenvalue weighted by molar-refractivity contribution is 7.99. The molecule has 2 nitrogen and oxygen atoms in total. The molecule has 17 heavy (non-hydrogen) atoms. The normalized spacial score (nSPS) is 20.9. The monoisotopic (exact) mass is 284 g/mol. The number of aromatic nitrogens is 2. The molecule has 0 radical (unpaired) electrons. The first kappa shape index (κ1) is 11.6. The first-order chi connectivity index (χ1) is 8.27. The van der Waals surface area contributed by atoms with Crippen LogP contribution in [0.15, 0.2) is 18.2 Å². The summed E-state index contributed by atoms with van der Waals surface area (Å²) >= 11 is 13.7. The van der Waals surface area contributed by atoms with E-state index in [4.69, 9.17) is 23.8 Å². The van der Waals surface area contributed by atoms with Gasteiger partial charge in [-0.1, -0.05) is 17.7 Å². The average molecular weight is 285 g/mol. The standard InChI is InChI=1S/C12H13ClN2S2/c13-9-4-1-5-10-11(9)15(12(16)14-10)8-3-2-6-17-7-8/h1,4-5,8H,2-3,6-7H2,(H,14,16). The Morgan fingerprint density at radius 3 is 3.12 bits per heavy atom. The van der Waals surface area contributed by atoms with Gasteiger partial charge in [0, 0.05) is 11.8 Å². The Morgan fingerprint density at radius 1 is 1.47 bits per heavy atom. The molecule has 1 atom stereocenters. The van der Waals surface area contributed by atoms with Crippen LogP contribution in [0.3, 0.4) is 0 Å². The van der Waals surface area contributed by atoms with E-state index >= 15 is 0 Å². The van der Waals surface area contributed by atoms with Crippen molar-refractivity contribution in [1.29, 1.82) is 0 Å². The van der Waals surface area contributed by atoms with Gasteiger partial charge in [-0.05, 0) is 42.9 Å². The summed E-state index contributed by atoms with van der Waals surface area (Å²) in [6, 6.07) is 6.40. The highest BCUT2D eigenvalue weighted by atomic mass is 35.5. The summed E-state index contributed by atoms with van der Waals surface area (Å²) in [4.78, 5) is 3.25. The van der Waals surface area contributed by atoms with Crippen molar-refractivity contribution in [2.45, 2.75) is 18.9 Å². The molecule has 3 rings (SSSR count). The molecule has 0 spiro atoms. The Bertz CT molecular complexity index is 596. The van der Waals surface area contributed by atoms with Gasteiger partial charge in [-0.25, -0.2) is 0 Å². The van der Waals surface area contributed by atoms with Gasteiger partial charge in [0.05, 0.1) is 16.1 Å². The number of benzene rings is 1. The van der Waals surface area contributed by atoms with Gasteiger partial charge in [0.25, 0.3) is 0 Å². The van der Waals surface area contributed by atoms with Crippen LogP contribution in [-0.2, 0) is 0 Å². The van der Waals surface area contributed by atoms with Crippen LogP contribution in [0.25, 0.3) is 11.0 Å². The molecule has 1 aliphatic rings. The van der Waals surface area contributed by atoms with Gasteiger partial charge in [-0.2, -0.15) is 11.8 Å². The Balaban J connectivity index is 2.20. The summed E-state index contributed by atoms with van der Waals surface area (Å²) in [5.41, 5.74) is 2.10. The van der Waals surface area contributed by atoms with Crippen molar-refractivity contribution < 1.29 is 0 Å². The SMILES string of the molecule is S=c1[nH]c2cccc(Cl)c2n1C1CCCSC1.